The summed E-state index contributed by atoms with van der Waals surface area (Å²) in [4.78, 5) is 0. The Morgan fingerprint density at radius 3 is 2.27 bits per heavy atom. The van der Waals surface area contributed by atoms with E-state index in [1.165, 1.54) is 25.7 Å². The molecular formula is C11H22. The minimum absolute atomic E-state index is 0.760. The van der Waals surface area contributed by atoms with E-state index in [0.29, 0.717) is 0 Å². The fourth-order valence-electron chi connectivity index (χ4n) is 2.46. The van der Waals surface area contributed by atoms with Crippen molar-refractivity contribution in [3.05, 3.63) is 0 Å². The minimum Gasteiger partial charge on any atom is -0.0654 e. The molecule has 11 heavy (non-hydrogen) atoms. The van der Waals surface area contributed by atoms with Gasteiger partial charge in [0, 0.05) is 0 Å². The van der Waals surface area contributed by atoms with Gasteiger partial charge in [-0.2, -0.15) is 0 Å². The van der Waals surface area contributed by atoms with Gasteiger partial charge in [-0.05, 0) is 30.1 Å². The van der Waals surface area contributed by atoms with Crippen molar-refractivity contribution in [1.29, 1.82) is 0 Å². The average molecular weight is 154 g/mol. The van der Waals surface area contributed by atoms with Gasteiger partial charge in [-0.1, -0.05) is 40.5 Å². The van der Waals surface area contributed by atoms with Gasteiger partial charge in [-0.25, -0.2) is 0 Å². The molecule has 0 aromatic carbocycles. The van der Waals surface area contributed by atoms with Gasteiger partial charge in [-0.15, -0.1) is 0 Å². The van der Waals surface area contributed by atoms with Crippen LogP contribution in [0.1, 0.15) is 53.4 Å². The van der Waals surface area contributed by atoms with Crippen LogP contribution >= 0.6 is 0 Å². The Kier molecular flexibility index (Phi) is 2.61. The molecule has 0 radical (unpaired) electrons. The molecule has 0 heterocycles. The van der Waals surface area contributed by atoms with Crippen LogP contribution in [-0.2, 0) is 0 Å². The predicted molar refractivity (Wildman–Crippen MR) is 50.6 cm³/mol. The molecule has 1 saturated carbocycles. The third kappa shape index (κ3) is 1.60. The Hall–Kier alpha value is 0. The number of unbranched alkanes of at least 4 members (excludes halogenated alkanes) is 1. The van der Waals surface area contributed by atoms with Crippen LogP contribution in [0.2, 0.25) is 0 Å². The lowest BCUT2D eigenvalue weighted by Crippen LogP contribution is -2.11. The summed E-state index contributed by atoms with van der Waals surface area (Å²) in [6, 6.07) is 0. The van der Waals surface area contributed by atoms with Crippen LogP contribution in [0, 0.1) is 17.3 Å². The second kappa shape index (κ2) is 3.16. The molecule has 0 N–H and O–H groups in total. The molecule has 0 nitrogen and oxygen atoms in total. The molecule has 2 atom stereocenters. The highest BCUT2D eigenvalue weighted by molar-refractivity contribution is 5.01. The number of rotatable bonds is 4. The molecule has 1 aliphatic rings. The molecule has 1 fully saturated rings. The molecule has 66 valence electrons. The summed E-state index contributed by atoms with van der Waals surface area (Å²) in [6.07, 6.45) is 5.76. The molecule has 2 unspecified atom stereocenters. The van der Waals surface area contributed by atoms with Crippen LogP contribution in [0.3, 0.4) is 0 Å². The number of hydrogen-bond donors (Lipinski definition) is 0. The first kappa shape index (κ1) is 9.09. The van der Waals surface area contributed by atoms with Crippen LogP contribution in [0.15, 0.2) is 0 Å². The maximum absolute atomic E-state index is 2.41. The smallest absolute Gasteiger partial charge is 0.0246 e. The zero-order chi connectivity index (χ0) is 8.48. The fraction of sp³-hybridized carbons (Fsp3) is 1.00. The van der Waals surface area contributed by atoms with E-state index in [0.717, 1.165) is 17.3 Å². The van der Waals surface area contributed by atoms with E-state index in [4.69, 9.17) is 0 Å². The van der Waals surface area contributed by atoms with E-state index in [9.17, 15) is 0 Å². The standard InChI is InChI=1S/C11H22/c1-5-6-7-11(9(2)3)8-10(11)4/h9-10H,5-8H2,1-4H3. The zero-order valence-corrected chi connectivity index (χ0v) is 8.48. The van der Waals surface area contributed by atoms with Gasteiger partial charge in [0.05, 0.1) is 0 Å². The lowest BCUT2D eigenvalue weighted by atomic mass is 9.85. The molecule has 0 aromatic heterocycles. The van der Waals surface area contributed by atoms with Gasteiger partial charge < -0.3 is 0 Å². The molecular weight excluding hydrogens is 132 g/mol. The normalized spacial score (nSPS) is 36.3. The Morgan fingerprint density at radius 1 is 1.45 bits per heavy atom. The van der Waals surface area contributed by atoms with Gasteiger partial charge in [-0.3, -0.25) is 0 Å². The largest absolute Gasteiger partial charge is 0.0654 e. The van der Waals surface area contributed by atoms with Crippen molar-refractivity contribution in [1.82, 2.24) is 0 Å². The molecule has 1 aliphatic carbocycles. The molecule has 0 amide bonds. The molecule has 1 rings (SSSR count). The highest BCUT2D eigenvalue weighted by atomic mass is 14.6. The van der Waals surface area contributed by atoms with Gasteiger partial charge in [0.2, 0.25) is 0 Å². The quantitative estimate of drug-likeness (QED) is 0.577. The van der Waals surface area contributed by atoms with Crippen molar-refractivity contribution in [3.63, 3.8) is 0 Å². The van der Waals surface area contributed by atoms with E-state index >= 15 is 0 Å². The van der Waals surface area contributed by atoms with Crippen LogP contribution in [-0.4, -0.2) is 0 Å². The SMILES string of the molecule is CCCCC1(C(C)C)CC1C. The van der Waals surface area contributed by atoms with Crippen molar-refractivity contribution in [3.8, 4) is 0 Å². The molecule has 0 spiro atoms. The van der Waals surface area contributed by atoms with Gasteiger partial charge in [0.25, 0.3) is 0 Å². The summed E-state index contributed by atoms with van der Waals surface area (Å²) in [5.74, 6) is 1.91. The summed E-state index contributed by atoms with van der Waals surface area (Å²) < 4.78 is 0. The van der Waals surface area contributed by atoms with Crippen molar-refractivity contribution >= 4 is 0 Å². The van der Waals surface area contributed by atoms with Gasteiger partial charge in [0.1, 0.15) is 0 Å². The van der Waals surface area contributed by atoms with Crippen LogP contribution in [0.4, 0.5) is 0 Å². The molecule has 0 heteroatoms. The Balaban J connectivity index is 2.37. The summed E-state index contributed by atoms with van der Waals surface area (Å²) >= 11 is 0. The second-order valence-electron chi connectivity index (χ2n) is 4.60. The molecule has 0 saturated heterocycles. The van der Waals surface area contributed by atoms with Gasteiger partial charge in [0.15, 0.2) is 0 Å². The monoisotopic (exact) mass is 154 g/mol. The van der Waals surface area contributed by atoms with E-state index in [2.05, 4.69) is 27.7 Å². The Morgan fingerprint density at radius 2 is 2.00 bits per heavy atom. The van der Waals surface area contributed by atoms with Crippen LogP contribution in [0.5, 0.6) is 0 Å². The first-order chi connectivity index (χ1) is 5.13. The summed E-state index contributed by atoms with van der Waals surface area (Å²) in [6.45, 7) is 9.48. The highest BCUT2D eigenvalue weighted by Gasteiger charge is 2.51. The predicted octanol–water partition coefficient (Wildman–Crippen LogP) is 3.86. The Bertz CT molecular complexity index is 126. The molecule has 0 bridgehead atoms. The van der Waals surface area contributed by atoms with E-state index in [-0.39, 0.29) is 0 Å². The second-order valence-corrected chi connectivity index (χ2v) is 4.60. The summed E-state index contributed by atoms with van der Waals surface area (Å²) in [5, 5.41) is 0. The zero-order valence-electron chi connectivity index (χ0n) is 8.48. The lowest BCUT2D eigenvalue weighted by molar-refractivity contribution is 0.298. The first-order valence-corrected chi connectivity index (χ1v) is 5.13. The maximum Gasteiger partial charge on any atom is -0.0246 e. The summed E-state index contributed by atoms with van der Waals surface area (Å²) in [5.41, 5.74) is 0.760. The van der Waals surface area contributed by atoms with E-state index < -0.39 is 0 Å². The van der Waals surface area contributed by atoms with Crippen LogP contribution in [0.25, 0.3) is 0 Å². The molecule has 0 aromatic rings. The molecule has 0 aliphatic heterocycles. The number of hydrogen-bond acceptors (Lipinski definition) is 0. The van der Waals surface area contributed by atoms with Crippen LogP contribution < -0.4 is 0 Å². The van der Waals surface area contributed by atoms with Crippen molar-refractivity contribution in [2.24, 2.45) is 17.3 Å². The first-order valence-electron chi connectivity index (χ1n) is 5.13. The maximum atomic E-state index is 2.41. The topological polar surface area (TPSA) is 0 Å². The van der Waals surface area contributed by atoms with E-state index in [1.807, 2.05) is 0 Å². The average Bonchev–Trinajstić information content (AvgIpc) is 2.59. The summed E-state index contributed by atoms with van der Waals surface area (Å²) in [7, 11) is 0. The fourth-order valence-corrected chi connectivity index (χ4v) is 2.46. The van der Waals surface area contributed by atoms with Gasteiger partial charge >= 0.3 is 0 Å². The highest BCUT2D eigenvalue weighted by Crippen LogP contribution is 2.60. The lowest BCUT2D eigenvalue weighted by Gasteiger charge is -2.20. The van der Waals surface area contributed by atoms with Crippen molar-refractivity contribution in [2.45, 2.75) is 53.4 Å². The van der Waals surface area contributed by atoms with Crippen molar-refractivity contribution < 1.29 is 0 Å². The van der Waals surface area contributed by atoms with E-state index in [1.54, 1.807) is 0 Å². The third-order valence-corrected chi connectivity index (χ3v) is 3.65. The minimum atomic E-state index is 0.760. The van der Waals surface area contributed by atoms with Crippen molar-refractivity contribution in [2.75, 3.05) is 0 Å². The third-order valence-electron chi connectivity index (χ3n) is 3.65. The Labute approximate surface area is 71.4 Å².